The molecule has 4 heteroatoms. The van der Waals surface area contributed by atoms with Crippen molar-refractivity contribution in [3.05, 3.63) is 27.4 Å². The lowest BCUT2D eigenvalue weighted by Crippen LogP contribution is -2.18. The molecule has 0 bridgehead atoms. The summed E-state index contributed by atoms with van der Waals surface area (Å²) >= 11 is 0. The fourth-order valence-corrected chi connectivity index (χ4v) is 1.48. The van der Waals surface area contributed by atoms with Gasteiger partial charge in [-0.15, -0.1) is 0 Å². The van der Waals surface area contributed by atoms with Crippen LogP contribution in [0, 0.1) is 11.3 Å². The fraction of sp³-hybridized carbons (Fsp3) is 0.500. The Morgan fingerprint density at radius 1 is 1.43 bits per heavy atom. The van der Waals surface area contributed by atoms with E-state index in [9.17, 15) is 4.79 Å². The number of hydrogen-bond donors (Lipinski definition) is 1. The number of aromatic nitrogens is 2. The van der Waals surface area contributed by atoms with E-state index in [1.54, 1.807) is 0 Å². The predicted molar refractivity (Wildman–Crippen MR) is 52.9 cm³/mol. The molecule has 0 atom stereocenters. The second-order valence-electron chi connectivity index (χ2n) is 2.99. The van der Waals surface area contributed by atoms with E-state index in [0.717, 1.165) is 23.4 Å². The maximum atomic E-state index is 11.1. The number of aryl methyl sites for hydroxylation is 2. The zero-order valence-electron chi connectivity index (χ0n) is 8.42. The van der Waals surface area contributed by atoms with Gasteiger partial charge in [0.25, 0.3) is 0 Å². The number of hydrogen-bond acceptors (Lipinski definition) is 3. The number of rotatable bonds is 3. The Hall–Kier alpha value is -1.63. The van der Waals surface area contributed by atoms with Crippen LogP contribution in [0.4, 0.5) is 0 Å². The predicted octanol–water partition coefficient (Wildman–Crippen LogP) is 0.961. The SMILES string of the molecule is CCc1nc(=O)[nH]c(CC)c1CC#N. The van der Waals surface area contributed by atoms with Crippen molar-refractivity contribution in [2.45, 2.75) is 33.1 Å². The van der Waals surface area contributed by atoms with Crippen LogP contribution in [0.3, 0.4) is 0 Å². The average molecular weight is 191 g/mol. The van der Waals surface area contributed by atoms with Crippen LogP contribution in [-0.2, 0) is 19.3 Å². The molecule has 1 aromatic rings. The van der Waals surface area contributed by atoms with Gasteiger partial charge >= 0.3 is 5.69 Å². The second-order valence-corrected chi connectivity index (χ2v) is 2.99. The minimum Gasteiger partial charge on any atom is -0.309 e. The Morgan fingerprint density at radius 3 is 2.64 bits per heavy atom. The van der Waals surface area contributed by atoms with Gasteiger partial charge in [0.1, 0.15) is 0 Å². The Labute approximate surface area is 82.6 Å². The molecule has 1 N–H and O–H groups in total. The summed E-state index contributed by atoms with van der Waals surface area (Å²) in [5, 5.41) is 8.66. The molecule has 0 unspecified atom stereocenters. The van der Waals surface area contributed by atoms with Gasteiger partial charge in [-0.05, 0) is 12.8 Å². The van der Waals surface area contributed by atoms with Gasteiger partial charge in [-0.1, -0.05) is 13.8 Å². The first-order chi connectivity index (χ1) is 6.72. The molecular weight excluding hydrogens is 178 g/mol. The van der Waals surface area contributed by atoms with Gasteiger partial charge in [-0.2, -0.15) is 10.2 Å². The maximum Gasteiger partial charge on any atom is 0.345 e. The molecule has 1 aromatic heterocycles. The summed E-state index contributed by atoms with van der Waals surface area (Å²) < 4.78 is 0. The van der Waals surface area contributed by atoms with Crippen LogP contribution >= 0.6 is 0 Å². The number of nitrogens with one attached hydrogen (secondary N) is 1. The molecule has 1 heterocycles. The first kappa shape index (κ1) is 10.5. The Balaban J connectivity index is 3.34. The molecule has 0 aliphatic heterocycles. The molecule has 0 spiro atoms. The zero-order valence-corrected chi connectivity index (χ0v) is 8.42. The van der Waals surface area contributed by atoms with E-state index in [0.29, 0.717) is 12.8 Å². The van der Waals surface area contributed by atoms with E-state index in [2.05, 4.69) is 16.0 Å². The standard InChI is InChI=1S/C10H13N3O/c1-3-8-7(5-6-11)9(4-2)13-10(14)12-8/h3-5H2,1-2H3,(H,12,13,14). The summed E-state index contributed by atoms with van der Waals surface area (Å²) in [6, 6.07) is 2.09. The second kappa shape index (κ2) is 4.56. The summed E-state index contributed by atoms with van der Waals surface area (Å²) in [5.74, 6) is 0. The molecular formula is C10H13N3O. The molecule has 0 fully saturated rings. The van der Waals surface area contributed by atoms with Crippen molar-refractivity contribution >= 4 is 0 Å². The van der Waals surface area contributed by atoms with Crippen LogP contribution in [0.15, 0.2) is 4.79 Å². The van der Waals surface area contributed by atoms with Crippen LogP contribution in [0.1, 0.15) is 30.8 Å². The normalized spacial score (nSPS) is 9.79. The lowest BCUT2D eigenvalue weighted by atomic mass is 10.1. The third kappa shape index (κ3) is 1.99. The molecule has 0 amide bonds. The summed E-state index contributed by atoms with van der Waals surface area (Å²) in [7, 11) is 0. The van der Waals surface area contributed by atoms with Gasteiger partial charge in [0, 0.05) is 11.3 Å². The fourth-order valence-electron chi connectivity index (χ4n) is 1.48. The van der Waals surface area contributed by atoms with Crippen molar-refractivity contribution in [2.75, 3.05) is 0 Å². The monoisotopic (exact) mass is 191 g/mol. The highest BCUT2D eigenvalue weighted by Crippen LogP contribution is 2.10. The first-order valence-corrected chi connectivity index (χ1v) is 4.70. The van der Waals surface area contributed by atoms with Crippen molar-refractivity contribution in [1.29, 1.82) is 5.26 Å². The highest BCUT2D eigenvalue weighted by Gasteiger charge is 2.08. The molecule has 0 aliphatic rings. The summed E-state index contributed by atoms with van der Waals surface area (Å²) in [6.45, 7) is 3.88. The lowest BCUT2D eigenvalue weighted by Gasteiger charge is -2.07. The largest absolute Gasteiger partial charge is 0.345 e. The molecule has 74 valence electrons. The molecule has 0 saturated carbocycles. The van der Waals surface area contributed by atoms with Gasteiger partial charge in [-0.3, -0.25) is 0 Å². The van der Waals surface area contributed by atoms with Crippen LogP contribution in [0.5, 0.6) is 0 Å². The Kier molecular flexibility index (Phi) is 3.41. The smallest absolute Gasteiger partial charge is 0.309 e. The van der Waals surface area contributed by atoms with E-state index in [1.807, 2.05) is 13.8 Å². The zero-order chi connectivity index (χ0) is 10.6. The van der Waals surface area contributed by atoms with Crippen molar-refractivity contribution in [1.82, 2.24) is 9.97 Å². The van der Waals surface area contributed by atoms with Crippen molar-refractivity contribution in [2.24, 2.45) is 0 Å². The molecule has 14 heavy (non-hydrogen) atoms. The molecule has 0 saturated heterocycles. The van der Waals surface area contributed by atoms with E-state index in [1.165, 1.54) is 0 Å². The summed E-state index contributed by atoms with van der Waals surface area (Å²) in [6.07, 6.45) is 1.73. The third-order valence-corrected chi connectivity index (χ3v) is 2.15. The van der Waals surface area contributed by atoms with Gasteiger partial charge in [-0.25, -0.2) is 4.79 Å². The topological polar surface area (TPSA) is 69.5 Å². The molecule has 0 aliphatic carbocycles. The number of H-pyrrole nitrogens is 1. The number of nitrogens with zero attached hydrogens (tertiary/aromatic N) is 2. The lowest BCUT2D eigenvalue weighted by molar-refractivity contribution is 0.858. The number of aromatic amines is 1. The highest BCUT2D eigenvalue weighted by atomic mass is 16.1. The summed E-state index contributed by atoms with van der Waals surface area (Å²) in [4.78, 5) is 17.7. The molecule has 4 nitrogen and oxygen atoms in total. The highest BCUT2D eigenvalue weighted by molar-refractivity contribution is 5.27. The quantitative estimate of drug-likeness (QED) is 0.773. The minimum atomic E-state index is -0.319. The van der Waals surface area contributed by atoms with Gasteiger partial charge in [0.15, 0.2) is 0 Å². The van der Waals surface area contributed by atoms with Crippen molar-refractivity contribution < 1.29 is 0 Å². The van der Waals surface area contributed by atoms with E-state index in [4.69, 9.17) is 5.26 Å². The van der Waals surface area contributed by atoms with Crippen molar-refractivity contribution in [3.63, 3.8) is 0 Å². The van der Waals surface area contributed by atoms with Gasteiger partial charge in [0.2, 0.25) is 0 Å². The third-order valence-electron chi connectivity index (χ3n) is 2.15. The molecule has 0 radical (unpaired) electrons. The molecule has 0 aromatic carbocycles. The average Bonchev–Trinajstić information content (AvgIpc) is 2.20. The van der Waals surface area contributed by atoms with Crippen molar-refractivity contribution in [3.8, 4) is 6.07 Å². The Bertz CT molecular complexity index is 386. The maximum absolute atomic E-state index is 11.1. The molecule has 1 rings (SSSR count). The van der Waals surface area contributed by atoms with E-state index in [-0.39, 0.29) is 5.69 Å². The minimum absolute atomic E-state index is 0.316. The van der Waals surface area contributed by atoms with Gasteiger partial charge < -0.3 is 4.98 Å². The number of nitriles is 1. The van der Waals surface area contributed by atoms with Gasteiger partial charge in [0.05, 0.1) is 18.2 Å². The van der Waals surface area contributed by atoms with E-state index >= 15 is 0 Å². The summed E-state index contributed by atoms with van der Waals surface area (Å²) in [5.41, 5.74) is 2.15. The van der Waals surface area contributed by atoms with Crippen LogP contribution in [-0.4, -0.2) is 9.97 Å². The van der Waals surface area contributed by atoms with Crippen LogP contribution < -0.4 is 5.69 Å². The van der Waals surface area contributed by atoms with E-state index < -0.39 is 0 Å². The first-order valence-electron chi connectivity index (χ1n) is 4.70. The Morgan fingerprint density at radius 2 is 2.14 bits per heavy atom. The van der Waals surface area contributed by atoms with Crippen LogP contribution in [0.25, 0.3) is 0 Å². The van der Waals surface area contributed by atoms with Crippen LogP contribution in [0.2, 0.25) is 0 Å².